The summed E-state index contributed by atoms with van der Waals surface area (Å²) in [7, 11) is 3.15. The second kappa shape index (κ2) is 11.9. The molecule has 0 radical (unpaired) electrons. The fourth-order valence-electron chi connectivity index (χ4n) is 1.98. The second-order valence-corrected chi connectivity index (χ2v) is 5.73. The zero-order valence-electron chi connectivity index (χ0n) is 14.5. The number of nitrogens with zero attached hydrogens (tertiary/aromatic N) is 1. The van der Waals surface area contributed by atoms with Crippen LogP contribution >= 0.6 is 0 Å². The molecule has 0 saturated carbocycles. The second-order valence-electron chi connectivity index (χ2n) is 5.73. The van der Waals surface area contributed by atoms with Crippen LogP contribution in [0, 0.1) is 23.7 Å². The van der Waals surface area contributed by atoms with E-state index in [0.29, 0.717) is 11.8 Å². The molecule has 0 fully saturated rings. The maximum atomic E-state index is 11.5. The number of rotatable bonds is 7. The van der Waals surface area contributed by atoms with Gasteiger partial charge in [-0.1, -0.05) is 41.5 Å². The third-order valence-corrected chi connectivity index (χ3v) is 3.65. The van der Waals surface area contributed by atoms with E-state index in [2.05, 4.69) is 27.7 Å². The smallest absolute Gasteiger partial charge is 0.249 e. The molecular formula is C16H33NO3. The van der Waals surface area contributed by atoms with Crippen LogP contribution in [0.2, 0.25) is 0 Å². The molecule has 0 aromatic rings. The summed E-state index contributed by atoms with van der Waals surface area (Å²) in [6.07, 6.45) is 2.88. The Hall–Kier alpha value is -0.900. The van der Waals surface area contributed by atoms with Crippen LogP contribution < -0.4 is 0 Å². The predicted molar refractivity (Wildman–Crippen MR) is 83.1 cm³/mol. The summed E-state index contributed by atoms with van der Waals surface area (Å²) < 4.78 is 0. The monoisotopic (exact) mass is 287 g/mol. The minimum atomic E-state index is 0.0648. The van der Waals surface area contributed by atoms with Gasteiger partial charge in [-0.15, -0.1) is 0 Å². The summed E-state index contributed by atoms with van der Waals surface area (Å²) in [4.78, 5) is 26.6. The molecule has 120 valence electrons. The van der Waals surface area contributed by atoms with Crippen LogP contribution in [0.5, 0.6) is 0 Å². The molecule has 0 aromatic carbocycles. The molecule has 0 aliphatic carbocycles. The number of aldehydes is 1. The van der Waals surface area contributed by atoms with E-state index in [0.717, 1.165) is 19.1 Å². The van der Waals surface area contributed by atoms with Gasteiger partial charge in [0.1, 0.15) is 6.29 Å². The van der Waals surface area contributed by atoms with Crippen LogP contribution in [0.15, 0.2) is 0 Å². The fourth-order valence-corrected chi connectivity index (χ4v) is 1.98. The predicted octanol–water partition coefficient (Wildman–Crippen LogP) is 3.56. The molecule has 0 spiro atoms. The van der Waals surface area contributed by atoms with Crippen molar-refractivity contribution in [2.75, 3.05) is 14.2 Å². The zero-order valence-corrected chi connectivity index (χ0v) is 14.5. The highest BCUT2D eigenvalue weighted by atomic mass is 16.7. The SMILES string of the molecule is CC[C@H](C(=O)N(C)OC)C(C)C.CC[C@H](C=O)C(C)C. The van der Waals surface area contributed by atoms with Crippen molar-refractivity contribution in [2.45, 2.75) is 54.4 Å². The first-order chi connectivity index (χ1) is 9.26. The quantitative estimate of drug-likeness (QED) is 0.531. The first-order valence-corrected chi connectivity index (χ1v) is 7.53. The molecule has 0 bridgehead atoms. The third-order valence-electron chi connectivity index (χ3n) is 3.65. The topological polar surface area (TPSA) is 46.6 Å². The highest BCUT2D eigenvalue weighted by Gasteiger charge is 2.23. The Bertz CT molecular complexity index is 264. The first-order valence-electron chi connectivity index (χ1n) is 7.53. The summed E-state index contributed by atoms with van der Waals surface area (Å²) in [5, 5.41) is 1.30. The van der Waals surface area contributed by atoms with Crippen molar-refractivity contribution < 1.29 is 14.4 Å². The van der Waals surface area contributed by atoms with Crippen LogP contribution in [0.1, 0.15) is 54.4 Å². The van der Waals surface area contributed by atoms with Crippen LogP contribution in [0.25, 0.3) is 0 Å². The number of hydrogen-bond donors (Lipinski definition) is 0. The largest absolute Gasteiger partial charge is 0.303 e. The van der Waals surface area contributed by atoms with Crippen molar-refractivity contribution in [1.82, 2.24) is 5.06 Å². The Morgan fingerprint density at radius 3 is 1.75 bits per heavy atom. The van der Waals surface area contributed by atoms with Crippen molar-refractivity contribution in [3.8, 4) is 0 Å². The van der Waals surface area contributed by atoms with E-state index >= 15 is 0 Å². The maximum Gasteiger partial charge on any atom is 0.249 e. The van der Waals surface area contributed by atoms with Crippen LogP contribution in [-0.4, -0.2) is 31.4 Å². The Labute approximate surface area is 124 Å². The summed E-state index contributed by atoms with van der Waals surface area (Å²) in [5.74, 6) is 1.30. The molecule has 0 rings (SSSR count). The van der Waals surface area contributed by atoms with Crippen molar-refractivity contribution in [1.29, 1.82) is 0 Å². The molecule has 0 aromatic heterocycles. The molecule has 0 saturated heterocycles. The molecule has 0 unspecified atom stereocenters. The highest BCUT2D eigenvalue weighted by Crippen LogP contribution is 2.17. The van der Waals surface area contributed by atoms with Crippen LogP contribution in [0.4, 0.5) is 0 Å². The van der Waals surface area contributed by atoms with Gasteiger partial charge in [0.15, 0.2) is 0 Å². The molecule has 20 heavy (non-hydrogen) atoms. The standard InChI is InChI=1S/C9H19NO2.C7H14O/c1-6-8(7(2)3)9(11)10(4)12-5;1-4-7(5-8)6(2)3/h7-8H,6H2,1-5H3;5-7H,4H2,1-3H3/t8-;7-/m01/s1. The van der Waals surface area contributed by atoms with Crippen molar-refractivity contribution in [3.05, 3.63) is 0 Å². The van der Waals surface area contributed by atoms with Gasteiger partial charge in [-0.3, -0.25) is 9.63 Å². The molecule has 0 aliphatic rings. The number of hydroxylamine groups is 2. The van der Waals surface area contributed by atoms with Gasteiger partial charge in [0.2, 0.25) is 5.91 Å². The van der Waals surface area contributed by atoms with E-state index in [1.807, 2.05) is 13.8 Å². The normalized spacial score (nSPS) is 13.5. The van der Waals surface area contributed by atoms with E-state index in [1.165, 1.54) is 12.2 Å². The van der Waals surface area contributed by atoms with E-state index < -0.39 is 0 Å². The van der Waals surface area contributed by atoms with Gasteiger partial charge in [0.25, 0.3) is 0 Å². The van der Waals surface area contributed by atoms with Gasteiger partial charge in [-0.05, 0) is 24.7 Å². The van der Waals surface area contributed by atoms with Crippen LogP contribution in [-0.2, 0) is 14.4 Å². The van der Waals surface area contributed by atoms with Gasteiger partial charge < -0.3 is 4.79 Å². The molecule has 0 heterocycles. The van der Waals surface area contributed by atoms with Gasteiger partial charge in [-0.2, -0.15) is 0 Å². The lowest BCUT2D eigenvalue weighted by atomic mass is 9.92. The van der Waals surface area contributed by atoms with Crippen molar-refractivity contribution in [3.63, 3.8) is 0 Å². The lowest BCUT2D eigenvalue weighted by Gasteiger charge is -2.23. The zero-order chi connectivity index (χ0) is 16.3. The number of amides is 1. The Morgan fingerprint density at radius 2 is 1.60 bits per heavy atom. The van der Waals surface area contributed by atoms with E-state index in [4.69, 9.17) is 4.84 Å². The average Bonchev–Trinajstić information content (AvgIpc) is 2.39. The van der Waals surface area contributed by atoms with Gasteiger partial charge in [0, 0.05) is 18.9 Å². The summed E-state index contributed by atoms with van der Waals surface area (Å²) in [6.45, 7) is 12.3. The average molecular weight is 287 g/mol. The number of carbonyl (C=O) groups excluding carboxylic acids is 2. The Balaban J connectivity index is 0. The molecule has 0 aliphatic heterocycles. The first kappa shape index (κ1) is 21.4. The third kappa shape index (κ3) is 8.31. The Morgan fingerprint density at radius 1 is 1.10 bits per heavy atom. The van der Waals surface area contributed by atoms with Crippen molar-refractivity contribution in [2.24, 2.45) is 23.7 Å². The lowest BCUT2D eigenvalue weighted by molar-refractivity contribution is -0.175. The van der Waals surface area contributed by atoms with Crippen molar-refractivity contribution >= 4 is 12.2 Å². The fraction of sp³-hybridized carbons (Fsp3) is 0.875. The number of hydrogen-bond acceptors (Lipinski definition) is 3. The molecule has 1 amide bonds. The maximum absolute atomic E-state index is 11.5. The van der Waals surface area contributed by atoms with E-state index in [9.17, 15) is 9.59 Å². The van der Waals surface area contributed by atoms with Gasteiger partial charge >= 0.3 is 0 Å². The molecule has 4 nitrogen and oxygen atoms in total. The minimum Gasteiger partial charge on any atom is -0.303 e. The van der Waals surface area contributed by atoms with E-state index in [1.54, 1.807) is 7.05 Å². The summed E-state index contributed by atoms with van der Waals surface area (Å²) in [6, 6.07) is 0. The van der Waals surface area contributed by atoms with Crippen LogP contribution in [0.3, 0.4) is 0 Å². The molecule has 4 heteroatoms. The highest BCUT2D eigenvalue weighted by molar-refractivity contribution is 5.77. The summed E-state index contributed by atoms with van der Waals surface area (Å²) >= 11 is 0. The van der Waals surface area contributed by atoms with E-state index in [-0.39, 0.29) is 17.7 Å². The van der Waals surface area contributed by atoms with Gasteiger partial charge in [0.05, 0.1) is 7.11 Å². The lowest BCUT2D eigenvalue weighted by Crippen LogP contribution is -2.34. The molecular weight excluding hydrogens is 254 g/mol. The number of carbonyl (C=O) groups is 2. The molecule has 2 atom stereocenters. The minimum absolute atomic E-state index is 0.0648. The molecule has 0 N–H and O–H groups in total. The summed E-state index contributed by atoms with van der Waals surface area (Å²) in [5.41, 5.74) is 0. The Kier molecular flexibility index (Phi) is 12.7. The van der Waals surface area contributed by atoms with Gasteiger partial charge in [-0.25, -0.2) is 5.06 Å².